The number of aromatic nitrogens is 1. The number of nitrogen functional groups attached to an aromatic ring is 1. The van der Waals surface area contributed by atoms with Crippen molar-refractivity contribution in [2.75, 3.05) is 5.73 Å². The summed E-state index contributed by atoms with van der Waals surface area (Å²) in [7, 11) is -1.67. The lowest BCUT2D eigenvalue weighted by Gasteiger charge is -2.12. The van der Waals surface area contributed by atoms with Gasteiger partial charge < -0.3 is 25.3 Å². The molecule has 12 heteroatoms. The Labute approximate surface area is 167 Å². The van der Waals surface area contributed by atoms with Crippen LogP contribution in [-0.2, 0) is 4.79 Å². The van der Waals surface area contributed by atoms with Gasteiger partial charge in [0, 0.05) is 5.56 Å². The molecule has 8 nitrogen and oxygen atoms in total. The second-order valence-corrected chi connectivity index (χ2v) is 5.67. The standard InChI is InChI=1S/C16H12BN3O3.C2HF3O2/c18-9-12-11(10-4-1-2-5-13(10)17(21)22)8-14(20-16(12)19)15-6-3-7-23-15;3-2(4,5)1(6)7/h1-8,21-22H,(H2,19,20);(H,6,7). The van der Waals surface area contributed by atoms with Gasteiger partial charge in [0.15, 0.2) is 5.76 Å². The molecule has 0 saturated carbocycles. The van der Waals surface area contributed by atoms with E-state index in [4.69, 9.17) is 20.1 Å². The van der Waals surface area contributed by atoms with Crippen molar-refractivity contribution in [1.29, 1.82) is 5.26 Å². The number of aliphatic carboxylic acids is 1. The van der Waals surface area contributed by atoms with Crippen LogP contribution in [0, 0.1) is 11.3 Å². The van der Waals surface area contributed by atoms with Gasteiger partial charge in [-0.3, -0.25) is 0 Å². The number of hydrogen-bond donors (Lipinski definition) is 4. The van der Waals surface area contributed by atoms with Gasteiger partial charge in [0.25, 0.3) is 0 Å². The van der Waals surface area contributed by atoms with Crippen molar-refractivity contribution in [3.05, 3.63) is 54.3 Å². The highest BCUT2D eigenvalue weighted by molar-refractivity contribution is 6.60. The third kappa shape index (κ3) is 5.16. The highest BCUT2D eigenvalue weighted by Gasteiger charge is 2.38. The molecule has 0 aliphatic heterocycles. The van der Waals surface area contributed by atoms with E-state index in [0.717, 1.165) is 0 Å². The van der Waals surface area contributed by atoms with Crippen LogP contribution in [0.5, 0.6) is 0 Å². The van der Waals surface area contributed by atoms with Crippen molar-refractivity contribution in [2.45, 2.75) is 6.18 Å². The zero-order valence-electron chi connectivity index (χ0n) is 15.0. The minimum atomic E-state index is -5.08. The van der Waals surface area contributed by atoms with E-state index in [1.807, 2.05) is 6.07 Å². The van der Waals surface area contributed by atoms with Crippen LogP contribution < -0.4 is 11.2 Å². The summed E-state index contributed by atoms with van der Waals surface area (Å²) in [5.41, 5.74) is 7.78. The van der Waals surface area contributed by atoms with Gasteiger partial charge in [0.1, 0.15) is 23.1 Å². The first-order valence-electron chi connectivity index (χ1n) is 8.06. The van der Waals surface area contributed by atoms with E-state index in [-0.39, 0.29) is 16.8 Å². The summed E-state index contributed by atoms with van der Waals surface area (Å²) in [6, 6.07) is 13.8. The van der Waals surface area contributed by atoms with E-state index < -0.39 is 19.3 Å². The summed E-state index contributed by atoms with van der Waals surface area (Å²) >= 11 is 0. The number of halogens is 3. The largest absolute Gasteiger partial charge is 0.490 e. The predicted molar refractivity (Wildman–Crippen MR) is 100 cm³/mol. The Kier molecular flexibility index (Phi) is 6.83. The SMILES string of the molecule is N#Cc1c(-c2ccccc2B(O)O)cc(-c2ccco2)nc1N.O=C(O)C(F)(F)F. The summed E-state index contributed by atoms with van der Waals surface area (Å²) < 4.78 is 37.1. The van der Waals surface area contributed by atoms with E-state index in [0.29, 0.717) is 22.6 Å². The molecule has 3 rings (SSSR count). The topological polar surface area (TPSA) is 154 Å². The number of benzene rings is 1. The number of rotatable bonds is 3. The number of nitrogens with zero attached hydrogens (tertiary/aromatic N) is 2. The van der Waals surface area contributed by atoms with Crippen molar-refractivity contribution in [3.63, 3.8) is 0 Å². The molecule has 0 atom stereocenters. The zero-order valence-corrected chi connectivity index (χ0v) is 15.0. The smallest absolute Gasteiger partial charge is 0.475 e. The first kappa shape index (κ1) is 22.5. The fourth-order valence-electron chi connectivity index (χ4n) is 2.41. The number of nitriles is 1. The van der Waals surface area contributed by atoms with Crippen LogP contribution in [0.1, 0.15) is 5.56 Å². The Morgan fingerprint density at radius 3 is 2.30 bits per heavy atom. The van der Waals surface area contributed by atoms with Gasteiger partial charge in [-0.25, -0.2) is 9.78 Å². The molecular weight excluding hydrogens is 406 g/mol. The summed E-state index contributed by atoms with van der Waals surface area (Å²) in [5, 5.41) is 35.6. The van der Waals surface area contributed by atoms with E-state index in [9.17, 15) is 28.5 Å². The first-order chi connectivity index (χ1) is 14.1. The molecule has 5 N–H and O–H groups in total. The average Bonchev–Trinajstić information content (AvgIpc) is 3.22. The Balaban J connectivity index is 0.000000396. The number of anilines is 1. The third-order valence-electron chi connectivity index (χ3n) is 3.70. The minimum absolute atomic E-state index is 0.0543. The summed E-state index contributed by atoms with van der Waals surface area (Å²) in [4.78, 5) is 13.1. The first-order valence-corrected chi connectivity index (χ1v) is 8.06. The summed E-state index contributed by atoms with van der Waals surface area (Å²) in [6.45, 7) is 0. The van der Waals surface area contributed by atoms with Crippen LogP contribution in [-0.4, -0.2) is 39.4 Å². The van der Waals surface area contributed by atoms with Crippen molar-refractivity contribution in [1.82, 2.24) is 4.98 Å². The van der Waals surface area contributed by atoms with Gasteiger partial charge >= 0.3 is 19.3 Å². The molecule has 1 aromatic carbocycles. The Bertz CT molecular complexity index is 1080. The van der Waals surface area contributed by atoms with Crippen molar-refractivity contribution in [3.8, 4) is 28.7 Å². The number of alkyl halides is 3. The molecule has 0 saturated heterocycles. The molecule has 30 heavy (non-hydrogen) atoms. The Morgan fingerprint density at radius 2 is 1.80 bits per heavy atom. The van der Waals surface area contributed by atoms with Crippen molar-refractivity contribution < 1.29 is 37.5 Å². The minimum Gasteiger partial charge on any atom is -0.475 e. The number of furan rings is 1. The normalized spacial score (nSPS) is 10.5. The fraction of sp³-hybridized carbons (Fsp3) is 0.0556. The second-order valence-electron chi connectivity index (χ2n) is 5.67. The van der Waals surface area contributed by atoms with E-state index in [1.54, 1.807) is 42.5 Å². The second kappa shape index (κ2) is 9.12. The maximum absolute atomic E-state index is 10.6. The number of carboxylic acid groups (broad SMARTS) is 1. The lowest BCUT2D eigenvalue weighted by Crippen LogP contribution is -2.31. The lowest BCUT2D eigenvalue weighted by molar-refractivity contribution is -0.192. The molecule has 154 valence electrons. The Hall–Kier alpha value is -3.82. The van der Waals surface area contributed by atoms with Gasteiger partial charge in [-0.1, -0.05) is 24.3 Å². The predicted octanol–water partition coefficient (Wildman–Crippen LogP) is 1.78. The molecule has 0 amide bonds. The summed E-state index contributed by atoms with van der Waals surface area (Å²) in [5.74, 6) is -2.20. The number of hydrogen-bond acceptors (Lipinski definition) is 7. The molecule has 0 aliphatic rings. The van der Waals surface area contributed by atoms with Gasteiger partial charge in [-0.15, -0.1) is 0 Å². The lowest BCUT2D eigenvalue weighted by atomic mass is 9.75. The van der Waals surface area contributed by atoms with E-state index in [2.05, 4.69) is 4.98 Å². The van der Waals surface area contributed by atoms with Crippen LogP contribution in [0.4, 0.5) is 19.0 Å². The van der Waals surface area contributed by atoms with Crippen LogP contribution in [0.25, 0.3) is 22.6 Å². The third-order valence-corrected chi connectivity index (χ3v) is 3.70. The fourth-order valence-corrected chi connectivity index (χ4v) is 2.41. The number of nitrogens with two attached hydrogens (primary N) is 1. The van der Waals surface area contributed by atoms with E-state index >= 15 is 0 Å². The zero-order chi connectivity index (χ0) is 22.5. The Morgan fingerprint density at radius 1 is 1.17 bits per heavy atom. The maximum atomic E-state index is 10.6. The molecule has 0 radical (unpaired) electrons. The van der Waals surface area contributed by atoms with E-state index in [1.165, 1.54) is 6.26 Å². The molecule has 0 fully saturated rings. The summed E-state index contributed by atoms with van der Waals surface area (Å²) in [6.07, 6.45) is -3.57. The molecule has 0 unspecified atom stereocenters. The van der Waals surface area contributed by atoms with Crippen molar-refractivity contribution in [2.24, 2.45) is 0 Å². The molecular formula is C18H13BF3N3O5. The van der Waals surface area contributed by atoms with Gasteiger partial charge in [-0.2, -0.15) is 18.4 Å². The van der Waals surface area contributed by atoms with Crippen LogP contribution in [0.3, 0.4) is 0 Å². The quantitative estimate of drug-likeness (QED) is 0.469. The van der Waals surface area contributed by atoms with Gasteiger partial charge in [0.05, 0.1) is 6.26 Å². The number of carbonyl (C=O) groups is 1. The highest BCUT2D eigenvalue weighted by atomic mass is 19.4. The van der Waals surface area contributed by atoms with Crippen LogP contribution in [0.2, 0.25) is 0 Å². The molecule has 3 aromatic rings. The molecule has 0 bridgehead atoms. The van der Waals surface area contributed by atoms with Crippen LogP contribution in [0.15, 0.2) is 53.1 Å². The molecule has 0 spiro atoms. The maximum Gasteiger partial charge on any atom is 0.490 e. The number of pyridine rings is 1. The monoisotopic (exact) mass is 419 g/mol. The molecule has 0 aliphatic carbocycles. The van der Waals surface area contributed by atoms with Gasteiger partial charge in [-0.05, 0) is 29.2 Å². The van der Waals surface area contributed by atoms with Crippen LogP contribution >= 0.6 is 0 Å². The number of carboxylic acids is 1. The van der Waals surface area contributed by atoms with Crippen molar-refractivity contribution >= 4 is 24.4 Å². The molecule has 2 aromatic heterocycles. The van der Waals surface area contributed by atoms with Gasteiger partial charge in [0.2, 0.25) is 0 Å². The highest BCUT2D eigenvalue weighted by Crippen LogP contribution is 2.30. The molecule has 2 heterocycles. The average molecular weight is 419 g/mol.